The summed E-state index contributed by atoms with van der Waals surface area (Å²) in [5, 5.41) is 0.706. The molecule has 0 aliphatic rings. The highest BCUT2D eigenvalue weighted by atomic mass is 31.2. The van der Waals surface area contributed by atoms with Crippen LogP contribution in [0.15, 0.2) is 84.9 Å². The summed E-state index contributed by atoms with van der Waals surface area (Å²) in [5.41, 5.74) is 1.02. The second kappa shape index (κ2) is 7.69. The van der Waals surface area contributed by atoms with Crippen LogP contribution in [0, 0.1) is 0 Å². The van der Waals surface area contributed by atoms with E-state index in [0.29, 0.717) is 16.8 Å². The molecule has 0 atom stereocenters. The average molecular weight is 353 g/mol. The van der Waals surface area contributed by atoms with Gasteiger partial charge in [0.25, 0.3) is 0 Å². The summed E-state index contributed by atoms with van der Waals surface area (Å²) in [7, 11) is -3.36. The monoisotopic (exact) mass is 353 g/mol. The van der Waals surface area contributed by atoms with Crippen molar-refractivity contribution < 1.29 is 13.9 Å². The molecule has 0 spiro atoms. The summed E-state index contributed by atoms with van der Waals surface area (Å²) in [5.74, 6) is 1.39. The van der Waals surface area contributed by atoms with Gasteiger partial charge in [0, 0.05) is 5.56 Å². The molecule has 0 amide bonds. The molecule has 0 aromatic heterocycles. The molecular weight excluding hydrogens is 331 g/mol. The maximum absolute atomic E-state index is 11.5. The maximum atomic E-state index is 11.5. The largest absolute Gasteiger partial charge is 0.533 e. The van der Waals surface area contributed by atoms with E-state index in [1.807, 2.05) is 84.9 Å². The molecule has 128 valence electrons. The smallest absolute Gasteiger partial charge is 0.274 e. The van der Waals surface area contributed by atoms with Crippen molar-refractivity contribution in [2.75, 3.05) is 0 Å². The fourth-order valence-corrected chi connectivity index (χ4v) is 4.58. The summed E-state index contributed by atoms with van der Waals surface area (Å²) in [6.45, 7) is 4.18. The van der Waals surface area contributed by atoms with Gasteiger partial charge in [-0.2, -0.15) is 4.89 Å². The molecule has 0 heterocycles. The van der Waals surface area contributed by atoms with Gasteiger partial charge in [0.15, 0.2) is 11.5 Å². The average Bonchev–Trinajstić information content (AvgIpc) is 2.63. The molecule has 3 nitrogen and oxygen atoms in total. The molecule has 3 aromatic rings. The fraction of sp³-hybridized carbons (Fsp3) is 0.143. The van der Waals surface area contributed by atoms with E-state index in [0.717, 1.165) is 5.56 Å². The predicted octanol–water partition coefficient (Wildman–Crippen LogP) is 5.35. The summed E-state index contributed by atoms with van der Waals surface area (Å²) in [6.07, 6.45) is 0. The molecule has 0 saturated heterocycles. The maximum Gasteiger partial charge on any atom is 0.533 e. The van der Waals surface area contributed by atoms with Crippen molar-refractivity contribution in [2.45, 2.75) is 19.8 Å². The van der Waals surface area contributed by atoms with Crippen LogP contribution in [0.25, 0.3) is 0 Å². The molecule has 0 unspecified atom stereocenters. The van der Waals surface area contributed by atoms with Crippen molar-refractivity contribution in [1.29, 1.82) is 0 Å². The normalized spacial score (nSPS) is 11.4. The van der Waals surface area contributed by atoms with Gasteiger partial charge in [-0.1, -0.05) is 68.4 Å². The summed E-state index contributed by atoms with van der Waals surface area (Å²) >= 11 is 0. The summed E-state index contributed by atoms with van der Waals surface area (Å²) in [4.78, 5) is 11.5. The zero-order valence-corrected chi connectivity index (χ0v) is 15.3. The van der Waals surface area contributed by atoms with Crippen molar-refractivity contribution in [1.82, 2.24) is 0 Å². The van der Waals surface area contributed by atoms with E-state index in [-0.39, 0.29) is 5.92 Å². The molecule has 0 aliphatic carbocycles. The Kier molecular flexibility index (Phi) is 5.37. The Morgan fingerprint density at radius 2 is 1.12 bits per heavy atom. The highest BCUT2D eigenvalue weighted by Crippen LogP contribution is 2.56. The molecule has 0 saturated carbocycles. The van der Waals surface area contributed by atoms with Crippen LogP contribution in [0.2, 0.25) is 0 Å². The van der Waals surface area contributed by atoms with E-state index in [9.17, 15) is 4.89 Å². The van der Waals surface area contributed by atoms with Crippen molar-refractivity contribution in [2.24, 2.45) is 0 Å². The van der Waals surface area contributed by atoms with Gasteiger partial charge in [-0.15, -0.1) is 0 Å². The van der Waals surface area contributed by atoms with Crippen molar-refractivity contribution in [3.05, 3.63) is 90.5 Å². The van der Waals surface area contributed by atoms with E-state index in [4.69, 9.17) is 9.05 Å². The number of rotatable bonds is 6. The lowest BCUT2D eigenvalue weighted by atomic mass is 10.0. The third-order valence-corrected chi connectivity index (χ3v) is 5.74. The van der Waals surface area contributed by atoms with Gasteiger partial charge in [-0.3, -0.25) is 9.05 Å². The van der Waals surface area contributed by atoms with E-state index in [1.54, 1.807) is 0 Å². The zero-order chi connectivity index (χ0) is 17.7. The van der Waals surface area contributed by atoms with Crippen LogP contribution in [-0.4, -0.2) is 4.89 Å². The quantitative estimate of drug-likeness (QED) is 0.607. The Morgan fingerprint density at radius 1 is 0.680 bits per heavy atom. The van der Waals surface area contributed by atoms with E-state index < -0.39 is 7.94 Å². The SMILES string of the molecule is CC(C)c1ccccc1[P+](O)(Oc1ccccc1)Oc1ccccc1. The molecule has 1 N–H and O–H groups in total. The number of para-hydroxylation sites is 2. The van der Waals surface area contributed by atoms with Crippen molar-refractivity contribution >= 4 is 13.2 Å². The van der Waals surface area contributed by atoms with Crippen LogP contribution >= 0.6 is 7.94 Å². The Balaban J connectivity index is 2.05. The van der Waals surface area contributed by atoms with E-state index in [1.165, 1.54) is 0 Å². The lowest BCUT2D eigenvalue weighted by Gasteiger charge is -2.21. The van der Waals surface area contributed by atoms with Crippen molar-refractivity contribution in [3.8, 4) is 11.5 Å². The predicted molar refractivity (Wildman–Crippen MR) is 103 cm³/mol. The van der Waals surface area contributed by atoms with E-state index >= 15 is 0 Å². The van der Waals surface area contributed by atoms with Gasteiger partial charge in [0.2, 0.25) is 5.30 Å². The van der Waals surface area contributed by atoms with Crippen LogP contribution < -0.4 is 14.4 Å². The van der Waals surface area contributed by atoms with Crippen LogP contribution in [0.4, 0.5) is 0 Å². The van der Waals surface area contributed by atoms with Gasteiger partial charge in [0.1, 0.15) is 0 Å². The van der Waals surface area contributed by atoms with Crippen LogP contribution in [-0.2, 0) is 0 Å². The summed E-state index contributed by atoms with van der Waals surface area (Å²) < 4.78 is 12.1. The topological polar surface area (TPSA) is 38.7 Å². The summed E-state index contributed by atoms with van der Waals surface area (Å²) in [6, 6.07) is 26.3. The minimum atomic E-state index is -3.36. The first-order valence-electron chi connectivity index (χ1n) is 8.29. The first-order valence-corrected chi connectivity index (χ1v) is 9.87. The molecule has 3 rings (SSSR count). The lowest BCUT2D eigenvalue weighted by molar-refractivity contribution is 0.361. The molecule has 0 radical (unpaired) electrons. The lowest BCUT2D eigenvalue weighted by Crippen LogP contribution is -2.24. The molecule has 25 heavy (non-hydrogen) atoms. The molecule has 0 aliphatic heterocycles. The Bertz CT molecular complexity index is 762. The fourth-order valence-electron chi connectivity index (χ4n) is 2.60. The molecule has 3 aromatic carbocycles. The number of benzene rings is 3. The molecular formula is C21H22O3P+. The van der Waals surface area contributed by atoms with Crippen LogP contribution in [0.3, 0.4) is 0 Å². The van der Waals surface area contributed by atoms with Crippen LogP contribution in [0.5, 0.6) is 11.5 Å². The third-order valence-electron chi connectivity index (χ3n) is 3.81. The second-order valence-electron chi connectivity index (χ2n) is 6.04. The molecule has 0 bridgehead atoms. The number of hydrogen-bond donors (Lipinski definition) is 1. The zero-order valence-electron chi connectivity index (χ0n) is 14.4. The third kappa shape index (κ3) is 4.19. The van der Waals surface area contributed by atoms with Gasteiger partial charge < -0.3 is 0 Å². The number of hydrogen-bond acceptors (Lipinski definition) is 3. The van der Waals surface area contributed by atoms with E-state index in [2.05, 4.69) is 13.8 Å². The van der Waals surface area contributed by atoms with Crippen molar-refractivity contribution in [3.63, 3.8) is 0 Å². The Morgan fingerprint density at radius 3 is 1.60 bits per heavy atom. The minimum Gasteiger partial charge on any atom is -0.274 e. The van der Waals surface area contributed by atoms with Gasteiger partial charge in [0.05, 0.1) is 0 Å². The first kappa shape index (κ1) is 17.5. The second-order valence-corrected chi connectivity index (χ2v) is 7.93. The Hall–Kier alpha value is -2.35. The van der Waals surface area contributed by atoms with Gasteiger partial charge in [-0.05, 0) is 36.2 Å². The standard InChI is InChI=1S/C21H22O3P/c1-17(2)20-15-9-10-16-21(20)25(22,23-18-11-5-3-6-12-18)24-19-13-7-4-8-14-19/h3-17,22H,1-2H3/q+1. The molecule has 4 heteroatoms. The molecule has 0 fully saturated rings. The highest BCUT2D eigenvalue weighted by Gasteiger charge is 2.49. The highest BCUT2D eigenvalue weighted by molar-refractivity contribution is 7.69. The van der Waals surface area contributed by atoms with Gasteiger partial charge >= 0.3 is 7.94 Å². The minimum absolute atomic E-state index is 0.237. The first-order chi connectivity index (χ1) is 12.1. The van der Waals surface area contributed by atoms with Gasteiger partial charge in [-0.25, -0.2) is 0 Å². The Labute approximate surface area is 149 Å². The van der Waals surface area contributed by atoms with Crippen LogP contribution in [0.1, 0.15) is 25.3 Å².